The summed E-state index contributed by atoms with van der Waals surface area (Å²) in [5.41, 5.74) is 0.0972. The van der Waals surface area contributed by atoms with E-state index in [4.69, 9.17) is 14.2 Å². The van der Waals surface area contributed by atoms with Gasteiger partial charge in [0.2, 0.25) is 0 Å². The quantitative estimate of drug-likeness (QED) is 0.604. The van der Waals surface area contributed by atoms with Crippen LogP contribution in [0.2, 0.25) is 0 Å². The van der Waals surface area contributed by atoms with Gasteiger partial charge in [-0.25, -0.2) is 0 Å². The Balaban J connectivity index is 1.92. The highest BCUT2D eigenvalue weighted by atomic mass is 16.8. The molecule has 0 radical (unpaired) electrons. The van der Waals surface area contributed by atoms with Gasteiger partial charge in [0, 0.05) is 6.42 Å². The third-order valence-electron chi connectivity index (χ3n) is 4.56. The van der Waals surface area contributed by atoms with Crippen LogP contribution >= 0.6 is 0 Å². The topological polar surface area (TPSA) is 51.2 Å². The molecule has 0 aromatic rings. The van der Waals surface area contributed by atoms with Gasteiger partial charge in [-0.3, -0.25) is 0 Å². The van der Waals surface area contributed by atoms with E-state index in [1.807, 2.05) is 6.92 Å². The molecule has 2 aliphatic heterocycles. The van der Waals surface area contributed by atoms with Crippen molar-refractivity contribution in [2.75, 3.05) is 0 Å². The van der Waals surface area contributed by atoms with Gasteiger partial charge in [0.1, 0.15) is 12.2 Å². The van der Waals surface area contributed by atoms with E-state index >= 15 is 0 Å². The zero-order valence-corrected chi connectivity index (χ0v) is 14.1. The summed E-state index contributed by atoms with van der Waals surface area (Å²) in [6.07, 6.45) is 4.63. The molecule has 0 saturated carbocycles. The van der Waals surface area contributed by atoms with Gasteiger partial charge in [-0.1, -0.05) is 39.8 Å². The van der Waals surface area contributed by atoms with Gasteiger partial charge in [-0.05, 0) is 31.1 Å². The van der Waals surface area contributed by atoms with Crippen molar-refractivity contribution in [1.29, 1.82) is 0 Å². The van der Waals surface area contributed by atoms with Crippen LogP contribution in [0.4, 0.5) is 0 Å². The third kappa shape index (κ3) is 4.28. The number of epoxide rings is 1. The first kappa shape index (κ1) is 16.9. The van der Waals surface area contributed by atoms with Crippen LogP contribution in [0.3, 0.4) is 0 Å². The van der Waals surface area contributed by atoms with Crippen LogP contribution in [0.15, 0.2) is 12.2 Å². The standard InChI is InChI=1S/C17H30O4/c1-7-8-16(3,4)10-17(5,6)11(2)19-14-12(18)9-13-15(20-13)21-14/h7-8,11-15,18H,9-10H2,1-6H3/b8-7+/t11-,12?,13?,14?,15?/m1/s1. The molecule has 1 N–H and O–H groups in total. The summed E-state index contributed by atoms with van der Waals surface area (Å²) in [6, 6.07) is 0. The van der Waals surface area contributed by atoms with Crippen LogP contribution in [0, 0.1) is 10.8 Å². The number of hydrogen-bond acceptors (Lipinski definition) is 4. The van der Waals surface area contributed by atoms with E-state index in [-0.39, 0.29) is 29.3 Å². The van der Waals surface area contributed by atoms with Gasteiger partial charge in [0.15, 0.2) is 12.6 Å². The molecule has 0 bridgehead atoms. The average molecular weight is 298 g/mol. The third-order valence-corrected chi connectivity index (χ3v) is 4.56. The minimum absolute atomic E-state index is 0.0167. The molecule has 0 aliphatic carbocycles. The molecule has 0 aromatic carbocycles. The van der Waals surface area contributed by atoms with Crippen molar-refractivity contribution in [2.45, 2.75) is 85.3 Å². The smallest absolute Gasteiger partial charge is 0.187 e. The molecular weight excluding hydrogens is 268 g/mol. The molecule has 2 heterocycles. The SMILES string of the molecule is C/C=C/C(C)(C)CC(C)(C)[C@@H](C)OC1OC2OC2CC1O. The Bertz CT molecular complexity index is 388. The lowest BCUT2D eigenvalue weighted by Gasteiger charge is -2.40. The summed E-state index contributed by atoms with van der Waals surface area (Å²) < 4.78 is 16.9. The highest BCUT2D eigenvalue weighted by Crippen LogP contribution is 2.41. The lowest BCUT2D eigenvalue weighted by atomic mass is 9.72. The summed E-state index contributed by atoms with van der Waals surface area (Å²) in [7, 11) is 0. The molecule has 0 spiro atoms. The molecule has 2 aliphatic rings. The number of rotatable bonds is 6. The average Bonchev–Trinajstić information content (AvgIpc) is 3.05. The maximum absolute atomic E-state index is 10.1. The normalized spacial score (nSPS) is 34.8. The van der Waals surface area contributed by atoms with Crippen molar-refractivity contribution in [3.63, 3.8) is 0 Å². The summed E-state index contributed by atoms with van der Waals surface area (Å²) in [4.78, 5) is 0. The van der Waals surface area contributed by atoms with Crippen LogP contribution in [0.1, 0.15) is 54.4 Å². The summed E-state index contributed by atoms with van der Waals surface area (Å²) in [5.74, 6) is 0. The zero-order chi connectivity index (χ0) is 15.8. The van der Waals surface area contributed by atoms with Crippen LogP contribution < -0.4 is 0 Å². The number of ether oxygens (including phenoxy) is 3. The minimum atomic E-state index is -0.601. The highest BCUT2D eigenvalue weighted by Gasteiger charge is 2.51. The van der Waals surface area contributed by atoms with E-state index in [0.717, 1.165) is 6.42 Å². The van der Waals surface area contributed by atoms with Crippen molar-refractivity contribution in [3.8, 4) is 0 Å². The van der Waals surface area contributed by atoms with E-state index in [1.54, 1.807) is 0 Å². The van der Waals surface area contributed by atoms with Crippen LogP contribution in [0.25, 0.3) is 0 Å². The van der Waals surface area contributed by atoms with Crippen molar-refractivity contribution >= 4 is 0 Å². The van der Waals surface area contributed by atoms with Crippen molar-refractivity contribution in [2.24, 2.45) is 10.8 Å². The summed E-state index contributed by atoms with van der Waals surface area (Å²) in [6.45, 7) is 13.0. The first-order valence-electron chi connectivity index (χ1n) is 7.93. The number of aliphatic hydroxyl groups is 1. The van der Waals surface area contributed by atoms with Gasteiger partial charge < -0.3 is 19.3 Å². The van der Waals surface area contributed by atoms with Crippen molar-refractivity contribution in [3.05, 3.63) is 12.2 Å². The minimum Gasteiger partial charge on any atom is -0.388 e. The maximum Gasteiger partial charge on any atom is 0.187 e. The number of aliphatic hydroxyl groups excluding tert-OH is 1. The van der Waals surface area contributed by atoms with Gasteiger partial charge in [-0.2, -0.15) is 0 Å². The van der Waals surface area contributed by atoms with Crippen LogP contribution in [-0.2, 0) is 14.2 Å². The fourth-order valence-electron chi connectivity index (χ4n) is 3.32. The predicted molar refractivity (Wildman–Crippen MR) is 81.7 cm³/mol. The lowest BCUT2D eigenvalue weighted by molar-refractivity contribution is -0.253. The highest BCUT2D eigenvalue weighted by molar-refractivity contribution is 4.97. The Morgan fingerprint density at radius 2 is 1.95 bits per heavy atom. The second kappa shape index (κ2) is 5.99. The first-order valence-corrected chi connectivity index (χ1v) is 7.93. The van der Waals surface area contributed by atoms with Gasteiger partial charge in [-0.15, -0.1) is 0 Å². The van der Waals surface area contributed by atoms with Gasteiger partial charge in [0.05, 0.1) is 6.10 Å². The Labute approximate surface area is 128 Å². The Morgan fingerprint density at radius 1 is 1.29 bits per heavy atom. The number of allylic oxidation sites excluding steroid dienone is 2. The van der Waals surface area contributed by atoms with Crippen LogP contribution in [-0.4, -0.2) is 36.0 Å². The molecule has 0 aromatic heterocycles. The van der Waals surface area contributed by atoms with E-state index < -0.39 is 12.4 Å². The van der Waals surface area contributed by atoms with Crippen molar-refractivity contribution < 1.29 is 19.3 Å². The summed E-state index contributed by atoms with van der Waals surface area (Å²) >= 11 is 0. The largest absolute Gasteiger partial charge is 0.388 e. The first-order chi connectivity index (χ1) is 9.64. The van der Waals surface area contributed by atoms with Gasteiger partial charge in [0.25, 0.3) is 0 Å². The molecule has 2 rings (SSSR count). The van der Waals surface area contributed by atoms with E-state index in [0.29, 0.717) is 6.42 Å². The Morgan fingerprint density at radius 3 is 2.57 bits per heavy atom. The monoisotopic (exact) mass is 298 g/mol. The van der Waals surface area contributed by atoms with E-state index in [1.165, 1.54) is 0 Å². The molecule has 2 saturated heterocycles. The number of hydrogen-bond donors (Lipinski definition) is 1. The molecular formula is C17H30O4. The molecule has 2 fully saturated rings. The Kier molecular flexibility index (Phi) is 4.84. The van der Waals surface area contributed by atoms with Crippen LogP contribution in [0.5, 0.6) is 0 Å². The molecule has 4 heteroatoms. The molecule has 21 heavy (non-hydrogen) atoms. The van der Waals surface area contributed by atoms with E-state index in [2.05, 4.69) is 46.8 Å². The number of fused-ring (bicyclic) bond motifs is 1. The fraction of sp³-hybridized carbons (Fsp3) is 0.882. The molecule has 4 nitrogen and oxygen atoms in total. The second-order valence-electron chi connectivity index (χ2n) is 7.78. The molecule has 0 amide bonds. The summed E-state index contributed by atoms with van der Waals surface area (Å²) in [5, 5.41) is 10.1. The van der Waals surface area contributed by atoms with Crippen molar-refractivity contribution in [1.82, 2.24) is 0 Å². The maximum atomic E-state index is 10.1. The second-order valence-corrected chi connectivity index (χ2v) is 7.78. The predicted octanol–water partition coefficient (Wildman–Crippen LogP) is 3.24. The van der Waals surface area contributed by atoms with Gasteiger partial charge >= 0.3 is 0 Å². The van der Waals surface area contributed by atoms with E-state index in [9.17, 15) is 5.11 Å². The molecule has 122 valence electrons. The Hall–Kier alpha value is -0.420. The molecule has 4 unspecified atom stereocenters. The zero-order valence-electron chi connectivity index (χ0n) is 14.1. The fourth-order valence-corrected chi connectivity index (χ4v) is 3.32. The molecule has 5 atom stereocenters. The lowest BCUT2D eigenvalue weighted by Crippen LogP contribution is -2.44.